The van der Waals surface area contributed by atoms with Gasteiger partial charge in [-0.05, 0) is 31.0 Å². The first kappa shape index (κ1) is 19.2. The van der Waals surface area contributed by atoms with Crippen molar-refractivity contribution >= 4 is 17.8 Å². The monoisotopic (exact) mass is 415 g/mol. The SMILES string of the molecule is O=C(CN1C(=O)NC2(CCCC2)C1=O)N1CC[NH+](Cc2ccc3c(c2)OCO3)CC1. The lowest BCUT2D eigenvalue weighted by molar-refractivity contribution is -0.917. The Morgan fingerprint density at radius 2 is 1.83 bits per heavy atom. The summed E-state index contributed by atoms with van der Waals surface area (Å²) in [5.74, 6) is 1.18. The van der Waals surface area contributed by atoms with Gasteiger partial charge in [0.15, 0.2) is 11.5 Å². The Kier molecular flexibility index (Phi) is 4.77. The van der Waals surface area contributed by atoms with Crippen LogP contribution in [0.3, 0.4) is 0 Å². The second kappa shape index (κ2) is 7.46. The quantitative estimate of drug-likeness (QED) is 0.648. The van der Waals surface area contributed by atoms with Gasteiger partial charge in [-0.25, -0.2) is 4.79 Å². The number of hydrogen-bond acceptors (Lipinski definition) is 5. The zero-order valence-electron chi connectivity index (χ0n) is 16.9. The topological polar surface area (TPSA) is 92.6 Å². The van der Waals surface area contributed by atoms with Crippen LogP contribution in [0.1, 0.15) is 31.2 Å². The summed E-state index contributed by atoms with van der Waals surface area (Å²) in [5.41, 5.74) is 0.417. The van der Waals surface area contributed by atoms with E-state index in [9.17, 15) is 14.4 Å². The van der Waals surface area contributed by atoms with Crippen LogP contribution >= 0.6 is 0 Å². The van der Waals surface area contributed by atoms with Crippen molar-refractivity contribution in [3.63, 3.8) is 0 Å². The summed E-state index contributed by atoms with van der Waals surface area (Å²) in [4.78, 5) is 42.1. The summed E-state index contributed by atoms with van der Waals surface area (Å²) in [6, 6.07) is 5.58. The number of carbonyl (C=O) groups excluding carboxylic acids is 3. The molecule has 1 aromatic rings. The highest BCUT2D eigenvalue weighted by molar-refractivity contribution is 6.09. The number of benzene rings is 1. The van der Waals surface area contributed by atoms with E-state index >= 15 is 0 Å². The molecule has 2 saturated heterocycles. The predicted octanol–water partition coefficient (Wildman–Crippen LogP) is -0.493. The Hall–Kier alpha value is -2.81. The van der Waals surface area contributed by atoms with E-state index in [2.05, 4.69) is 11.4 Å². The van der Waals surface area contributed by atoms with Gasteiger partial charge in [-0.1, -0.05) is 12.8 Å². The Balaban J connectivity index is 1.14. The minimum atomic E-state index is -0.759. The van der Waals surface area contributed by atoms with Crippen molar-refractivity contribution in [2.24, 2.45) is 0 Å². The molecule has 0 bridgehead atoms. The Bertz CT molecular complexity index is 874. The van der Waals surface area contributed by atoms with E-state index in [0.717, 1.165) is 48.9 Å². The molecular weight excluding hydrogens is 388 g/mol. The lowest BCUT2D eigenvalue weighted by Gasteiger charge is -2.33. The summed E-state index contributed by atoms with van der Waals surface area (Å²) in [6.45, 7) is 3.85. The van der Waals surface area contributed by atoms with Crippen molar-refractivity contribution in [2.75, 3.05) is 39.5 Å². The highest BCUT2D eigenvalue weighted by atomic mass is 16.7. The number of carbonyl (C=O) groups is 3. The number of rotatable bonds is 4. The molecule has 9 nitrogen and oxygen atoms in total. The average molecular weight is 415 g/mol. The van der Waals surface area contributed by atoms with Crippen LogP contribution in [0.25, 0.3) is 0 Å². The first-order valence-corrected chi connectivity index (χ1v) is 10.7. The maximum atomic E-state index is 12.8. The van der Waals surface area contributed by atoms with Crippen molar-refractivity contribution in [3.05, 3.63) is 23.8 Å². The summed E-state index contributed by atoms with van der Waals surface area (Å²) >= 11 is 0. The number of urea groups is 1. The van der Waals surface area contributed by atoms with E-state index in [0.29, 0.717) is 25.9 Å². The Morgan fingerprint density at radius 3 is 2.60 bits per heavy atom. The molecule has 2 N–H and O–H groups in total. The maximum absolute atomic E-state index is 12.8. The molecule has 4 amide bonds. The molecule has 160 valence electrons. The molecule has 0 radical (unpaired) electrons. The molecule has 3 heterocycles. The highest BCUT2D eigenvalue weighted by Crippen LogP contribution is 2.35. The van der Waals surface area contributed by atoms with Crippen molar-refractivity contribution in [3.8, 4) is 11.5 Å². The zero-order chi connectivity index (χ0) is 20.7. The first-order valence-electron chi connectivity index (χ1n) is 10.7. The molecular formula is C21H27N4O5+. The number of nitrogens with zero attached hydrogens (tertiary/aromatic N) is 2. The third-order valence-electron chi connectivity index (χ3n) is 6.71. The second-order valence-corrected chi connectivity index (χ2v) is 8.61. The van der Waals surface area contributed by atoms with Crippen LogP contribution in [0.15, 0.2) is 18.2 Å². The maximum Gasteiger partial charge on any atom is 0.325 e. The molecule has 1 saturated carbocycles. The van der Waals surface area contributed by atoms with Gasteiger partial charge >= 0.3 is 6.03 Å². The van der Waals surface area contributed by atoms with Gasteiger partial charge in [0, 0.05) is 5.56 Å². The van der Waals surface area contributed by atoms with E-state index in [1.54, 1.807) is 4.90 Å². The minimum absolute atomic E-state index is 0.157. The van der Waals surface area contributed by atoms with Crippen LogP contribution in [-0.2, 0) is 16.1 Å². The number of amides is 4. The summed E-state index contributed by atoms with van der Waals surface area (Å²) in [6.07, 6.45) is 3.21. The number of imide groups is 1. The first-order chi connectivity index (χ1) is 14.5. The standard InChI is InChI=1S/C21H26N4O5/c26-18(13-25-19(27)21(22-20(25)28)5-1-2-6-21)24-9-7-23(8-10-24)12-15-3-4-16-17(11-15)30-14-29-16/h3-4,11H,1-2,5-10,12-14H2,(H,22,28)/p+1. The fraction of sp³-hybridized carbons (Fsp3) is 0.571. The van der Waals surface area contributed by atoms with Gasteiger partial charge in [0.2, 0.25) is 12.7 Å². The highest BCUT2D eigenvalue weighted by Gasteiger charge is 2.52. The summed E-state index contributed by atoms with van der Waals surface area (Å²) in [5, 5.41) is 2.83. The van der Waals surface area contributed by atoms with E-state index in [-0.39, 0.29) is 25.2 Å². The molecule has 1 aliphatic carbocycles. The number of fused-ring (bicyclic) bond motifs is 1. The van der Waals surface area contributed by atoms with Crippen molar-refractivity contribution < 1.29 is 28.8 Å². The largest absolute Gasteiger partial charge is 0.454 e. The van der Waals surface area contributed by atoms with Gasteiger partial charge < -0.3 is 24.6 Å². The van der Waals surface area contributed by atoms with E-state index in [1.165, 1.54) is 10.5 Å². The molecule has 0 aromatic heterocycles. The lowest BCUT2D eigenvalue weighted by atomic mass is 9.98. The molecule has 9 heteroatoms. The zero-order valence-corrected chi connectivity index (χ0v) is 16.9. The van der Waals surface area contributed by atoms with Gasteiger partial charge in [0.05, 0.1) is 26.2 Å². The molecule has 3 aliphatic heterocycles. The van der Waals surface area contributed by atoms with E-state index < -0.39 is 11.6 Å². The molecule has 3 fully saturated rings. The summed E-state index contributed by atoms with van der Waals surface area (Å²) in [7, 11) is 0. The molecule has 1 aromatic carbocycles. The van der Waals surface area contributed by atoms with Gasteiger partial charge in [0.25, 0.3) is 5.91 Å². The molecule has 0 unspecified atom stereocenters. The molecule has 1 spiro atoms. The van der Waals surface area contributed by atoms with Gasteiger partial charge in [0.1, 0.15) is 18.6 Å². The van der Waals surface area contributed by atoms with Crippen molar-refractivity contribution in [2.45, 2.75) is 37.8 Å². The van der Waals surface area contributed by atoms with Gasteiger partial charge in [-0.3, -0.25) is 14.5 Å². The number of piperazine rings is 1. The smallest absolute Gasteiger partial charge is 0.325 e. The van der Waals surface area contributed by atoms with Crippen LogP contribution in [-0.4, -0.2) is 72.7 Å². The van der Waals surface area contributed by atoms with Crippen LogP contribution in [0.5, 0.6) is 11.5 Å². The lowest BCUT2D eigenvalue weighted by Crippen LogP contribution is -3.13. The van der Waals surface area contributed by atoms with Crippen LogP contribution in [0.4, 0.5) is 4.79 Å². The number of nitrogens with one attached hydrogen (secondary N) is 2. The fourth-order valence-electron chi connectivity index (χ4n) is 4.96. The van der Waals surface area contributed by atoms with E-state index in [4.69, 9.17) is 9.47 Å². The van der Waals surface area contributed by atoms with Crippen molar-refractivity contribution in [1.82, 2.24) is 15.1 Å². The van der Waals surface area contributed by atoms with Crippen LogP contribution in [0.2, 0.25) is 0 Å². The predicted molar refractivity (Wildman–Crippen MR) is 105 cm³/mol. The Labute approximate surface area is 174 Å². The fourth-order valence-corrected chi connectivity index (χ4v) is 4.96. The molecule has 0 atom stereocenters. The molecule has 4 aliphatic rings. The number of ether oxygens (including phenoxy) is 2. The average Bonchev–Trinajstić information content (AvgIpc) is 3.45. The van der Waals surface area contributed by atoms with Crippen LogP contribution < -0.4 is 19.7 Å². The third-order valence-corrected chi connectivity index (χ3v) is 6.71. The second-order valence-electron chi connectivity index (χ2n) is 8.61. The number of quaternary nitrogens is 1. The van der Waals surface area contributed by atoms with Gasteiger partial charge in [-0.15, -0.1) is 0 Å². The third kappa shape index (κ3) is 3.36. The Morgan fingerprint density at radius 1 is 1.10 bits per heavy atom. The normalized spacial score (nSPS) is 22.8. The van der Waals surface area contributed by atoms with E-state index in [1.807, 2.05) is 12.1 Å². The number of hydrogen-bond donors (Lipinski definition) is 2. The van der Waals surface area contributed by atoms with Crippen LogP contribution in [0, 0.1) is 0 Å². The van der Waals surface area contributed by atoms with Crippen molar-refractivity contribution in [1.29, 1.82) is 0 Å². The molecule has 5 rings (SSSR count). The summed E-state index contributed by atoms with van der Waals surface area (Å²) < 4.78 is 10.8. The molecule has 30 heavy (non-hydrogen) atoms. The van der Waals surface area contributed by atoms with Gasteiger partial charge in [-0.2, -0.15) is 0 Å². The minimum Gasteiger partial charge on any atom is -0.454 e.